The number of benzene rings is 1. The number of rotatable bonds is 7. The van der Waals surface area contributed by atoms with Crippen LogP contribution in [-0.2, 0) is 14.4 Å². The first-order valence-corrected chi connectivity index (χ1v) is 12.7. The molecule has 11 nitrogen and oxygen atoms in total. The third-order valence-electron chi connectivity index (χ3n) is 6.11. The summed E-state index contributed by atoms with van der Waals surface area (Å²) in [4.78, 5) is 52.0. The molecule has 206 valence electrons. The zero-order valence-corrected chi connectivity index (χ0v) is 22.0. The first-order chi connectivity index (χ1) is 17.5. The third-order valence-corrected chi connectivity index (χ3v) is 6.11. The highest BCUT2D eigenvalue weighted by molar-refractivity contribution is 6.00. The summed E-state index contributed by atoms with van der Waals surface area (Å²) >= 11 is 0. The first-order valence-electron chi connectivity index (χ1n) is 12.7. The standard InChI is InChI=1S/C26H40N4O7/c1-15(2)11-20-26(36)30-21(16(3)4)14-37-22-8-6-5-7-18(22)24(34)29-19(9-10-23(33)28-20)25(35)27-17(12-31)13-32/h5-8,15-17,19-21,31-32H,9-14H2,1-4H3,(H,27,35)(H,28,33)(H,29,34)(H,30,36)/t19-,20+,21+/m0/s1. The van der Waals surface area contributed by atoms with Gasteiger partial charge >= 0.3 is 0 Å². The number of aliphatic hydroxyl groups is 2. The summed E-state index contributed by atoms with van der Waals surface area (Å²) in [5.41, 5.74) is 0.187. The average molecular weight is 521 g/mol. The van der Waals surface area contributed by atoms with Crippen LogP contribution in [0.5, 0.6) is 5.75 Å². The van der Waals surface area contributed by atoms with Crippen molar-refractivity contribution in [2.75, 3.05) is 19.8 Å². The molecule has 37 heavy (non-hydrogen) atoms. The molecule has 0 aliphatic carbocycles. The molecule has 0 radical (unpaired) electrons. The molecule has 0 unspecified atom stereocenters. The van der Waals surface area contributed by atoms with Crippen molar-refractivity contribution >= 4 is 23.6 Å². The van der Waals surface area contributed by atoms with Crippen LogP contribution in [0.25, 0.3) is 0 Å². The zero-order valence-electron chi connectivity index (χ0n) is 22.0. The lowest BCUT2D eigenvalue weighted by Crippen LogP contribution is -2.53. The highest BCUT2D eigenvalue weighted by Gasteiger charge is 2.29. The predicted molar refractivity (Wildman–Crippen MR) is 137 cm³/mol. The molecule has 1 aromatic rings. The van der Waals surface area contributed by atoms with Crippen LogP contribution in [0.4, 0.5) is 0 Å². The van der Waals surface area contributed by atoms with E-state index in [-0.39, 0.29) is 54.5 Å². The molecule has 1 aliphatic heterocycles. The van der Waals surface area contributed by atoms with Gasteiger partial charge in [0.1, 0.15) is 24.4 Å². The molecular formula is C26H40N4O7. The van der Waals surface area contributed by atoms with E-state index in [4.69, 9.17) is 4.74 Å². The van der Waals surface area contributed by atoms with Gasteiger partial charge in [-0.05, 0) is 36.8 Å². The summed E-state index contributed by atoms with van der Waals surface area (Å²) in [6.07, 6.45) is 0.205. The summed E-state index contributed by atoms with van der Waals surface area (Å²) in [7, 11) is 0. The van der Waals surface area contributed by atoms with E-state index in [1.807, 2.05) is 27.7 Å². The number of carbonyl (C=O) groups is 4. The molecule has 0 saturated carbocycles. The number of fused-ring (bicyclic) bond motifs is 1. The van der Waals surface area contributed by atoms with Gasteiger partial charge < -0.3 is 36.2 Å². The number of carbonyl (C=O) groups excluding carboxylic acids is 4. The summed E-state index contributed by atoms with van der Waals surface area (Å²) in [6.45, 7) is 6.87. The van der Waals surface area contributed by atoms with Crippen LogP contribution in [0.2, 0.25) is 0 Å². The van der Waals surface area contributed by atoms with Crippen LogP contribution in [-0.4, -0.2) is 77.8 Å². The minimum Gasteiger partial charge on any atom is -0.491 e. The van der Waals surface area contributed by atoms with Gasteiger partial charge in [-0.15, -0.1) is 0 Å². The summed E-state index contributed by atoms with van der Waals surface area (Å²) in [5, 5.41) is 29.5. The van der Waals surface area contributed by atoms with E-state index in [9.17, 15) is 29.4 Å². The zero-order chi connectivity index (χ0) is 27.5. The quantitative estimate of drug-likeness (QED) is 0.297. The number of amides is 4. The monoisotopic (exact) mass is 520 g/mol. The predicted octanol–water partition coefficient (Wildman–Crippen LogP) is 0.0987. The molecule has 0 spiro atoms. The molecule has 0 fully saturated rings. The van der Waals surface area contributed by atoms with Crippen molar-refractivity contribution in [2.24, 2.45) is 11.8 Å². The van der Waals surface area contributed by atoms with E-state index in [2.05, 4.69) is 21.3 Å². The van der Waals surface area contributed by atoms with E-state index < -0.39 is 49.1 Å². The normalized spacial score (nSPS) is 21.8. The molecule has 1 heterocycles. The number of aliphatic hydroxyl groups excluding tert-OH is 2. The Hall–Kier alpha value is -3.18. The molecule has 4 amide bonds. The lowest BCUT2D eigenvalue weighted by molar-refractivity contribution is -0.130. The topological polar surface area (TPSA) is 166 Å². The van der Waals surface area contributed by atoms with Crippen molar-refractivity contribution in [3.63, 3.8) is 0 Å². The van der Waals surface area contributed by atoms with Gasteiger partial charge in [-0.2, -0.15) is 0 Å². The molecule has 0 saturated heterocycles. The van der Waals surface area contributed by atoms with E-state index in [0.29, 0.717) is 6.42 Å². The molecule has 0 bridgehead atoms. The lowest BCUT2D eigenvalue weighted by Gasteiger charge is -2.27. The fourth-order valence-corrected chi connectivity index (χ4v) is 3.84. The molecule has 1 aliphatic rings. The fourth-order valence-electron chi connectivity index (χ4n) is 3.84. The van der Waals surface area contributed by atoms with Gasteiger partial charge in [0.15, 0.2) is 0 Å². The van der Waals surface area contributed by atoms with Gasteiger partial charge in [0.2, 0.25) is 17.7 Å². The van der Waals surface area contributed by atoms with Crippen LogP contribution in [0, 0.1) is 11.8 Å². The number of hydrogen-bond acceptors (Lipinski definition) is 7. The molecular weight excluding hydrogens is 480 g/mol. The number of nitrogens with one attached hydrogen (secondary N) is 4. The molecule has 1 aromatic carbocycles. The molecule has 0 aromatic heterocycles. The van der Waals surface area contributed by atoms with Gasteiger partial charge in [0.25, 0.3) is 5.91 Å². The van der Waals surface area contributed by atoms with Gasteiger partial charge in [0.05, 0.1) is 30.9 Å². The SMILES string of the molecule is CC(C)C[C@H]1NC(=O)CC[C@@H](C(=O)NC(CO)CO)NC(=O)c2ccccc2OC[C@H](C(C)C)NC1=O. The number of hydrogen-bond donors (Lipinski definition) is 6. The number of para-hydroxylation sites is 1. The second-order valence-electron chi connectivity index (χ2n) is 10.1. The third kappa shape index (κ3) is 9.32. The van der Waals surface area contributed by atoms with Crippen LogP contribution >= 0.6 is 0 Å². The Bertz CT molecular complexity index is 933. The van der Waals surface area contributed by atoms with Crippen molar-refractivity contribution < 1.29 is 34.1 Å². The van der Waals surface area contributed by atoms with Crippen molar-refractivity contribution in [3.8, 4) is 5.75 Å². The smallest absolute Gasteiger partial charge is 0.255 e. The maximum Gasteiger partial charge on any atom is 0.255 e. The van der Waals surface area contributed by atoms with Crippen molar-refractivity contribution in [1.82, 2.24) is 21.3 Å². The Morgan fingerprint density at radius 2 is 1.73 bits per heavy atom. The van der Waals surface area contributed by atoms with Crippen molar-refractivity contribution in [3.05, 3.63) is 29.8 Å². The van der Waals surface area contributed by atoms with Crippen LogP contribution < -0.4 is 26.0 Å². The van der Waals surface area contributed by atoms with E-state index in [0.717, 1.165) is 0 Å². The van der Waals surface area contributed by atoms with Crippen LogP contribution in [0.1, 0.15) is 57.3 Å². The number of ether oxygens (including phenoxy) is 1. The van der Waals surface area contributed by atoms with Crippen molar-refractivity contribution in [1.29, 1.82) is 0 Å². The van der Waals surface area contributed by atoms with Crippen molar-refractivity contribution in [2.45, 2.75) is 71.1 Å². The van der Waals surface area contributed by atoms with Gasteiger partial charge in [-0.3, -0.25) is 19.2 Å². The summed E-state index contributed by atoms with van der Waals surface area (Å²) in [5.74, 6) is -1.59. The summed E-state index contributed by atoms with van der Waals surface area (Å²) in [6, 6.07) is 3.33. The van der Waals surface area contributed by atoms with E-state index >= 15 is 0 Å². The Morgan fingerprint density at radius 1 is 1.05 bits per heavy atom. The molecule has 11 heteroatoms. The maximum absolute atomic E-state index is 13.2. The highest BCUT2D eigenvalue weighted by Crippen LogP contribution is 2.20. The Labute approximate surface area is 217 Å². The van der Waals surface area contributed by atoms with Gasteiger partial charge in [-0.1, -0.05) is 39.8 Å². The van der Waals surface area contributed by atoms with Gasteiger partial charge in [-0.25, -0.2) is 0 Å². The Balaban J connectivity index is 2.41. The molecule has 3 atom stereocenters. The molecule has 2 rings (SSSR count). The lowest BCUT2D eigenvalue weighted by atomic mass is 10.0. The van der Waals surface area contributed by atoms with E-state index in [1.54, 1.807) is 24.3 Å². The first kappa shape index (κ1) is 30.0. The van der Waals surface area contributed by atoms with Crippen LogP contribution in [0.15, 0.2) is 24.3 Å². The largest absolute Gasteiger partial charge is 0.491 e. The Morgan fingerprint density at radius 3 is 2.35 bits per heavy atom. The molecule has 6 N–H and O–H groups in total. The second kappa shape index (κ2) is 14.5. The maximum atomic E-state index is 13.2. The van der Waals surface area contributed by atoms with Gasteiger partial charge in [0, 0.05) is 6.42 Å². The highest BCUT2D eigenvalue weighted by atomic mass is 16.5. The Kier molecular flexibility index (Phi) is 11.8. The fraction of sp³-hybridized carbons (Fsp3) is 0.615. The van der Waals surface area contributed by atoms with Crippen LogP contribution in [0.3, 0.4) is 0 Å². The summed E-state index contributed by atoms with van der Waals surface area (Å²) < 4.78 is 5.96. The average Bonchev–Trinajstić information content (AvgIpc) is 2.86. The minimum atomic E-state index is -1.14. The second-order valence-corrected chi connectivity index (χ2v) is 10.1. The van der Waals surface area contributed by atoms with E-state index in [1.165, 1.54) is 0 Å². The minimum absolute atomic E-state index is 0.00935.